The molecular weight excluding hydrogens is 344 g/mol. The smallest absolute Gasteiger partial charge is 0.326 e. The number of carbonyl (C=O) groups is 2. The first-order valence-electron chi connectivity index (χ1n) is 8.32. The lowest BCUT2D eigenvalue weighted by molar-refractivity contribution is -0.140. The topological polar surface area (TPSA) is 104 Å². The van der Waals surface area contributed by atoms with Crippen molar-refractivity contribution in [2.24, 2.45) is 5.92 Å². The molecule has 0 saturated carbocycles. The fourth-order valence-corrected chi connectivity index (χ4v) is 3.92. The second-order valence-electron chi connectivity index (χ2n) is 5.79. The summed E-state index contributed by atoms with van der Waals surface area (Å²) in [6, 6.07) is 4.61. The van der Waals surface area contributed by atoms with E-state index in [1.54, 1.807) is 20.8 Å². The second kappa shape index (κ2) is 8.96. The van der Waals surface area contributed by atoms with Gasteiger partial charge in [-0.3, -0.25) is 4.79 Å². The van der Waals surface area contributed by atoms with E-state index in [1.807, 2.05) is 6.92 Å². The van der Waals surface area contributed by atoms with E-state index in [0.29, 0.717) is 19.5 Å². The van der Waals surface area contributed by atoms with Gasteiger partial charge in [0.25, 0.3) is 5.91 Å². The van der Waals surface area contributed by atoms with Crippen LogP contribution >= 0.6 is 0 Å². The Labute approximate surface area is 149 Å². The van der Waals surface area contributed by atoms with Crippen LogP contribution in [0.5, 0.6) is 0 Å². The Balaban J connectivity index is 3.12. The van der Waals surface area contributed by atoms with Crippen LogP contribution in [-0.2, 0) is 14.8 Å². The highest BCUT2D eigenvalue weighted by molar-refractivity contribution is 7.89. The molecule has 0 aromatic heterocycles. The van der Waals surface area contributed by atoms with Gasteiger partial charge in [-0.15, -0.1) is 0 Å². The molecule has 140 valence electrons. The van der Waals surface area contributed by atoms with Gasteiger partial charge in [-0.1, -0.05) is 40.2 Å². The van der Waals surface area contributed by atoms with Gasteiger partial charge in [-0.2, -0.15) is 4.31 Å². The van der Waals surface area contributed by atoms with Crippen molar-refractivity contribution in [2.75, 3.05) is 13.1 Å². The van der Waals surface area contributed by atoms with Crippen molar-refractivity contribution in [3.05, 3.63) is 29.8 Å². The van der Waals surface area contributed by atoms with Crippen molar-refractivity contribution in [3.63, 3.8) is 0 Å². The molecule has 0 saturated heterocycles. The minimum Gasteiger partial charge on any atom is -0.480 e. The van der Waals surface area contributed by atoms with Crippen LogP contribution in [0.4, 0.5) is 0 Å². The zero-order valence-electron chi connectivity index (χ0n) is 15.0. The Morgan fingerprint density at radius 1 is 1.20 bits per heavy atom. The van der Waals surface area contributed by atoms with Crippen LogP contribution in [0.15, 0.2) is 29.2 Å². The molecule has 1 rings (SSSR count). The maximum absolute atomic E-state index is 12.6. The number of hydrogen-bond donors (Lipinski definition) is 2. The average Bonchev–Trinajstić information content (AvgIpc) is 2.59. The molecule has 1 amide bonds. The van der Waals surface area contributed by atoms with Crippen molar-refractivity contribution < 1.29 is 23.1 Å². The van der Waals surface area contributed by atoms with Crippen molar-refractivity contribution in [1.82, 2.24) is 9.62 Å². The first-order chi connectivity index (χ1) is 11.7. The second-order valence-corrected chi connectivity index (χ2v) is 7.73. The maximum atomic E-state index is 12.6. The van der Waals surface area contributed by atoms with E-state index < -0.39 is 27.9 Å². The third-order valence-corrected chi connectivity index (χ3v) is 6.25. The number of benzene rings is 1. The van der Waals surface area contributed by atoms with E-state index >= 15 is 0 Å². The summed E-state index contributed by atoms with van der Waals surface area (Å²) in [5.74, 6) is -1.97. The molecule has 0 aliphatic rings. The van der Waals surface area contributed by atoms with Crippen molar-refractivity contribution in [2.45, 2.75) is 45.1 Å². The fraction of sp³-hybridized carbons (Fsp3) is 0.529. The number of aliphatic carboxylic acids is 1. The Hall–Kier alpha value is -1.93. The van der Waals surface area contributed by atoms with Gasteiger partial charge in [0.05, 0.1) is 4.90 Å². The molecule has 0 radical (unpaired) electrons. The normalized spacial score (nSPS) is 14.1. The maximum Gasteiger partial charge on any atom is 0.326 e. The first-order valence-corrected chi connectivity index (χ1v) is 9.76. The van der Waals surface area contributed by atoms with E-state index in [0.717, 1.165) is 0 Å². The number of carboxylic acid groups (broad SMARTS) is 1. The highest BCUT2D eigenvalue weighted by Gasteiger charge is 2.27. The third-order valence-electron chi connectivity index (χ3n) is 4.21. The molecule has 2 N–H and O–H groups in total. The minimum absolute atomic E-state index is 0.0132. The predicted molar refractivity (Wildman–Crippen MR) is 94.9 cm³/mol. The Morgan fingerprint density at radius 3 is 2.28 bits per heavy atom. The summed E-state index contributed by atoms with van der Waals surface area (Å²) < 4.78 is 26.4. The Kier molecular flexibility index (Phi) is 7.57. The van der Waals surface area contributed by atoms with Gasteiger partial charge in [-0.05, 0) is 24.1 Å². The number of carboxylic acids is 1. The van der Waals surface area contributed by atoms with E-state index in [2.05, 4.69) is 5.32 Å². The first kappa shape index (κ1) is 21.1. The molecule has 1 aromatic carbocycles. The summed E-state index contributed by atoms with van der Waals surface area (Å²) in [7, 11) is -3.69. The largest absolute Gasteiger partial charge is 0.480 e. The van der Waals surface area contributed by atoms with Gasteiger partial charge >= 0.3 is 5.97 Å². The number of sulfonamides is 1. The van der Waals surface area contributed by atoms with Crippen LogP contribution in [0.3, 0.4) is 0 Å². The van der Waals surface area contributed by atoms with Crippen molar-refractivity contribution >= 4 is 21.9 Å². The summed E-state index contributed by atoms with van der Waals surface area (Å²) in [5.41, 5.74) is 0.114. The third kappa shape index (κ3) is 5.02. The van der Waals surface area contributed by atoms with Gasteiger partial charge in [-0.25, -0.2) is 13.2 Å². The summed E-state index contributed by atoms with van der Waals surface area (Å²) in [4.78, 5) is 23.7. The molecule has 0 spiro atoms. The van der Waals surface area contributed by atoms with Crippen LogP contribution < -0.4 is 5.32 Å². The molecule has 0 heterocycles. The number of nitrogens with zero attached hydrogens (tertiary/aromatic N) is 1. The quantitative estimate of drug-likeness (QED) is 0.691. The van der Waals surface area contributed by atoms with Crippen LogP contribution in [0.2, 0.25) is 0 Å². The Morgan fingerprint density at radius 2 is 1.80 bits per heavy atom. The van der Waals surface area contributed by atoms with Gasteiger partial charge in [0.1, 0.15) is 6.04 Å². The van der Waals surface area contributed by atoms with Crippen LogP contribution in [0.25, 0.3) is 0 Å². The van der Waals surface area contributed by atoms with Crippen molar-refractivity contribution in [3.8, 4) is 0 Å². The lowest BCUT2D eigenvalue weighted by Gasteiger charge is -2.21. The van der Waals surface area contributed by atoms with Gasteiger partial charge < -0.3 is 10.4 Å². The highest BCUT2D eigenvalue weighted by atomic mass is 32.2. The monoisotopic (exact) mass is 370 g/mol. The molecule has 0 bridgehead atoms. The van der Waals surface area contributed by atoms with Crippen LogP contribution in [0, 0.1) is 5.92 Å². The highest BCUT2D eigenvalue weighted by Crippen LogP contribution is 2.17. The zero-order chi connectivity index (χ0) is 19.2. The van der Waals surface area contributed by atoms with E-state index in [4.69, 9.17) is 0 Å². The van der Waals surface area contributed by atoms with Gasteiger partial charge in [0.15, 0.2) is 0 Å². The fourth-order valence-electron chi connectivity index (χ4n) is 2.42. The minimum atomic E-state index is -3.69. The van der Waals surface area contributed by atoms with E-state index in [1.165, 1.54) is 28.6 Å². The zero-order valence-corrected chi connectivity index (χ0v) is 15.8. The summed E-state index contributed by atoms with van der Waals surface area (Å²) in [6.45, 7) is 7.70. The number of hydrogen-bond acceptors (Lipinski definition) is 4. The molecule has 0 unspecified atom stereocenters. The summed E-state index contributed by atoms with van der Waals surface area (Å²) >= 11 is 0. The molecule has 0 aliphatic heterocycles. The number of nitrogens with one attached hydrogen (secondary N) is 1. The SMILES string of the molecule is CC[C@H](C)[C@H](NC(=O)c1cccc(S(=O)(=O)N(CC)CC)c1)C(=O)O. The molecule has 0 aliphatic carbocycles. The molecule has 2 atom stereocenters. The molecule has 7 nitrogen and oxygen atoms in total. The van der Waals surface area contributed by atoms with Crippen LogP contribution in [-0.4, -0.2) is 48.8 Å². The summed E-state index contributed by atoms with van der Waals surface area (Å²) in [6.07, 6.45) is 0.591. The average molecular weight is 370 g/mol. The number of rotatable bonds is 9. The summed E-state index contributed by atoms with van der Waals surface area (Å²) in [5, 5.41) is 11.7. The molecule has 8 heteroatoms. The predicted octanol–water partition coefficient (Wildman–Crippen LogP) is 1.95. The standard InChI is InChI=1S/C17H26N2O5S/c1-5-12(4)15(17(21)22)18-16(20)13-9-8-10-14(11-13)25(23,24)19(6-2)7-3/h8-12,15H,5-7H2,1-4H3,(H,18,20)(H,21,22)/t12-,15-/m0/s1. The van der Waals surface area contributed by atoms with E-state index in [9.17, 15) is 23.1 Å². The van der Waals surface area contributed by atoms with Gasteiger partial charge in [0, 0.05) is 18.7 Å². The molecule has 25 heavy (non-hydrogen) atoms. The molecular formula is C17H26N2O5S. The van der Waals surface area contributed by atoms with Gasteiger partial charge in [0.2, 0.25) is 10.0 Å². The lowest BCUT2D eigenvalue weighted by atomic mass is 9.99. The number of carbonyl (C=O) groups excluding carboxylic acids is 1. The Bertz CT molecular complexity index is 714. The van der Waals surface area contributed by atoms with Crippen LogP contribution in [0.1, 0.15) is 44.5 Å². The molecule has 1 aromatic rings. The van der Waals surface area contributed by atoms with Crippen molar-refractivity contribution in [1.29, 1.82) is 0 Å². The lowest BCUT2D eigenvalue weighted by Crippen LogP contribution is -2.45. The molecule has 0 fully saturated rings. The number of amides is 1. The van der Waals surface area contributed by atoms with E-state index in [-0.39, 0.29) is 16.4 Å².